The predicted molar refractivity (Wildman–Crippen MR) is 107 cm³/mol. The highest BCUT2D eigenvalue weighted by Crippen LogP contribution is 2.29. The van der Waals surface area contributed by atoms with Gasteiger partial charge in [-0.3, -0.25) is 4.79 Å². The number of carbonyl (C=O) groups excluding carboxylic acids is 1. The zero-order chi connectivity index (χ0) is 20.5. The topological polar surface area (TPSA) is 107 Å². The van der Waals surface area contributed by atoms with Crippen LogP contribution in [0, 0.1) is 5.82 Å². The van der Waals surface area contributed by atoms with Crippen molar-refractivity contribution in [1.29, 1.82) is 0 Å². The van der Waals surface area contributed by atoms with Crippen molar-refractivity contribution in [3.63, 3.8) is 0 Å². The van der Waals surface area contributed by atoms with Crippen LogP contribution in [0.3, 0.4) is 0 Å². The molecule has 2 aromatic carbocycles. The fraction of sp³-hybridized carbons (Fsp3) is 0.222. The molecule has 1 aromatic heterocycles. The average molecular weight is 423 g/mol. The van der Waals surface area contributed by atoms with Crippen molar-refractivity contribution in [1.82, 2.24) is 9.55 Å². The fourth-order valence-corrected chi connectivity index (χ4v) is 4.20. The number of aromatic nitrogens is 2. The van der Waals surface area contributed by atoms with E-state index in [1.165, 1.54) is 42.1 Å². The van der Waals surface area contributed by atoms with E-state index in [4.69, 9.17) is 5.14 Å². The first-order valence-electron chi connectivity index (χ1n) is 8.45. The van der Waals surface area contributed by atoms with E-state index in [2.05, 4.69) is 10.3 Å². The Bertz CT molecular complexity index is 1140. The molecule has 10 heteroatoms. The molecule has 148 valence electrons. The van der Waals surface area contributed by atoms with Gasteiger partial charge in [-0.1, -0.05) is 17.8 Å². The summed E-state index contributed by atoms with van der Waals surface area (Å²) in [5.74, 6) is -0.730. The molecule has 1 heterocycles. The summed E-state index contributed by atoms with van der Waals surface area (Å²) in [4.78, 5) is 16.9. The van der Waals surface area contributed by atoms with Gasteiger partial charge in [0.15, 0.2) is 5.16 Å². The van der Waals surface area contributed by atoms with E-state index in [9.17, 15) is 17.6 Å². The van der Waals surface area contributed by atoms with E-state index < -0.39 is 21.1 Å². The third-order valence-electron chi connectivity index (χ3n) is 4.07. The van der Waals surface area contributed by atoms with Crippen LogP contribution in [0.4, 0.5) is 10.1 Å². The van der Waals surface area contributed by atoms with Crippen molar-refractivity contribution >= 4 is 44.4 Å². The SMILES string of the molecule is CCn1c(SC(C)C(=O)Nc2cccc(F)c2)nc2cc(S(N)(=O)=O)ccc21. The minimum atomic E-state index is -3.83. The number of hydrogen-bond donors (Lipinski definition) is 2. The van der Waals surface area contributed by atoms with Gasteiger partial charge in [0.25, 0.3) is 0 Å². The maximum absolute atomic E-state index is 13.3. The minimum Gasteiger partial charge on any atom is -0.325 e. The van der Waals surface area contributed by atoms with Crippen molar-refractivity contribution in [2.75, 3.05) is 5.32 Å². The number of sulfonamides is 1. The molecule has 1 unspecified atom stereocenters. The number of carbonyl (C=O) groups is 1. The first-order valence-corrected chi connectivity index (χ1v) is 10.9. The summed E-state index contributed by atoms with van der Waals surface area (Å²) in [6.07, 6.45) is 0. The van der Waals surface area contributed by atoms with Crippen molar-refractivity contribution in [2.24, 2.45) is 5.14 Å². The molecule has 0 fully saturated rings. The van der Waals surface area contributed by atoms with Crippen LogP contribution in [0.15, 0.2) is 52.5 Å². The number of hydrogen-bond acceptors (Lipinski definition) is 5. The third-order valence-corrected chi connectivity index (χ3v) is 6.07. The van der Waals surface area contributed by atoms with Crippen LogP contribution in [-0.4, -0.2) is 29.1 Å². The molecule has 0 aliphatic rings. The number of nitrogens with one attached hydrogen (secondary N) is 1. The highest BCUT2D eigenvalue weighted by molar-refractivity contribution is 8.00. The number of imidazole rings is 1. The number of fused-ring (bicyclic) bond motifs is 1. The van der Waals surface area contributed by atoms with Crippen LogP contribution in [0.1, 0.15) is 13.8 Å². The van der Waals surface area contributed by atoms with E-state index in [1.54, 1.807) is 19.1 Å². The Morgan fingerprint density at radius 1 is 1.32 bits per heavy atom. The summed E-state index contributed by atoms with van der Waals surface area (Å²) in [5.41, 5.74) is 1.60. The smallest absolute Gasteiger partial charge is 0.238 e. The van der Waals surface area contributed by atoms with Gasteiger partial charge in [-0.25, -0.2) is 22.9 Å². The molecule has 0 aliphatic heterocycles. The highest BCUT2D eigenvalue weighted by atomic mass is 32.2. The Balaban J connectivity index is 1.85. The number of nitrogens with two attached hydrogens (primary N) is 1. The summed E-state index contributed by atoms with van der Waals surface area (Å²) < 4.78 is 38.3. The molecule has 28 heavy (non-hydrogen) atoms. The summed E-state index contributed by atoms with van der Waals surface area (Å²) in [5, 5.41) is 7.92. The number of aryl methyl sites for hydroxylation is 1. The van der Waals surface area contributed by atoms with E-state index in [0.29, 0.717) is 22.9 Å². The standard InChI is InChI=1S/C18H19FN4O3S2/c1-3-23-16-8-7-14(28(20,25)26)10-15(16)22-18(23)27-11(2)17(24)21-13-6-4-5-12(19)9-13/h4-11H,3H2,1-2H3,(H,21,24)(H2,20,25,26). The highest BCUT2D eigenvalue weighted by Gasteiger charge is 2.20. The number of benzene rings is 2. The Labute approximate surface area is 166 Å². The first-order chi connectivity index (χ1) is 13.2. The lowest BCUT2D eigenvalue weighted by atomic mass is 10.3. The molecule has 0 bridgehead atoms. The minimum absolute atomic E-state index is 0.0193. The number of anilines is 1. The number of thioether (sulfide) groups is 1. The Hall–Kier alpha value is -2.43. The quantitative estimate of drug-likeness (QED) is 0.594. The molecule has 7 nitrogen and oxygen atoms in total. The van der Waals surface area contributed by atoms with Crippen LogP contribution in [0.5, 0.6) is 0 Å². The molecule has 0 spiro atoms. The van der Waals surface area contributed by atoms with Crippen LogP contribution in [0.2, 0.25) is 0 Å². The van der Waals surface area contributed by atoms with Gasteiger partial charge >= 0.3 is 0 Å². The molecule has 0 aliphatic carbocycles. The van der Waals surface area contributed by atoms with Gasteiger partial charge in [-0.05, 0) is 50.2 Å². The number of primary sulfonamides is 1. The lowest BCUT2D eigenvalue weighted by Crippen LogP contribution is -2.23. The van der Waals surface area contributed by atoms with Crippen molar-refractivity contribution < 1.29 is 17.6 Å². The van der Waals surface area contributed by atoms with Gasteiger partial charge < -0.3 is 9.88 Å². The number of rotatable bonds is 6. The van der Waals surface area contributed by atoms with Gasteiger partial charge in [0.1, 0.15) is 5.82 Å². The van der Waals surface area contributed by atoms with E-state index >= 15 is 0 Å². The molecule has 3 aromatic rings. The monoisotopic (exact) mass is 422 g/mol. The Morgan fingerprint density at radius 3 is 2.71 bits per heavy atom. The predicted octanol–water partition coefficient (Wildman–Crippen LogP) is 2.96. The zero-order valence-corrected chi connectivity index (χ0v) is 16.8. The van der Waals surface area contributed by atoms with Gasteiger partial charge in [0.2, 0.25) is 15.9 Å². The maximum Gasteiger partial charge on any atom is 0.238 e. The molecular formula is C18H19FN4O3S2. The maximum atomic E-state index is 13.3. The Morgan fingerprint density at radius 2 is 2.07 bits per heavy atom. The lowest BCUT2D eigenvalue weighted by Gasteiger charge is -2.12. The van der Waals surface area contributed by atoms with Crippen molar-refractivity contribution in [2.45, 2.75) is 35.7 Å². The summed E-state index contributed by atoms with van der Waals surface area (Å²) in [6.45, 7) is 4.23. The second kappa shape index (κ2) is 7.90. The summed E-state index contributed by atoms with van der Waals surface area (Å²) in [6, 6.07) is 10.2. The average Bonchev–Trinajstić information content (AvgIpc) is 2.97. The molecule has 1 atom stereocenters. The van der Waals surface area contributed by atoms with Crippen LogP contribution < -0.4 is 10.5 Å². The van der Waals surface area contributed by atoms with Gasteiger partial charge in [-0.15, -0.1) is 0 Å². The number of halogens is 1. The Kier molecular flexibility index (Phi) is 5.73. The normalized spacial score (nSPS) is 12.9. The summed E-state index contributed by atoms with van der Waals surface area (Å²) in [7, 11) is -3.83. The van der Waals surface area contributed by atoms with Crippen molar-refractivity contribution in [3.8, 4) is 0 Å². The third kappa shape index (κ3) is 4.34. The van der Waals surface area contributed by atoms with Gasteiger partial charge in [0.05, 0.1) is 21.2 Å². The largest absolute Gasteiger partial charge is 0.325 e. The second-order valence-electron chi connectivity index (χ2n) is 6.09. The van der Waals surface area contributed by atoms with Crippen molar-refractivity contribution in [3.05, 3.63) is 48.3 Å². The molecule has 3 rings (SSSR count). The molecule has 0 saturated heterocycles. The second-order valence-corrected chi connectivity index (χ2v) is 8.96. The molecule has 0 saturated carbocycles. The van der Waals surface area contributed by atoms with Crippen LogP contribution in [-0.2, 0) is 21.4 Å². The van der Waals surface area contributed by atoms with Crippen LogP contribution in [0.25, 0.3) is 11.0 Å². The van der Waals surface area contributed by atoms with Crippen LogP contribution >= 0.6 is 11.8 Å². The van der Waals surface area contributed by atoms with Gasteiger partial charge in [0, 0.05) is 12.2 Å². The molecule has 1 amide bonds. The van der Waals surface area contributed by atoms with E-state index in [0.717, 1.165) is 5.52 Å². The van der Waals surface area contributed by atoms with Gasteiger partial charge in [-0.2, -0.15) is 0 Å². The zero-order valence-electron chi connectivity index (χ0n) is 15.2. The van der Waals surface area contributed by atoms with E-state index in [-0.39, 0.29) is 10.8 Å². The van der Waals surface area contributed by atoms with E-state index in [1.807, 2.05) is 11.5 Å². The molecular weight excluding hydrogens is 403 g/mol. The molecule has 3 N–H and O–H groups in total. The molecule has 0 radical (unpaired) electrons. The summed E-state index contributed by atoms with van der Waals surface area (Å²) >= 11 is 1.23. The number of nitrogens with zero attached hydrogens (tertiary/aromatic N) is 2. The lowest BCUT2D eigenvalue weighted by molar-refractivity contribution is -0.115. The fourth-order valence-electron chi connectivity index (χ4n) is 2.68. The first kappa shape index (κ1) is 20.3. The number of amides is 1.